The highest BCUT2D eigenvalue weighted by Gasteiger charge is 2.57. The highest BCUT2D eigenvalue weighted by atomic mass is 19.4. The molecule has 2 unspecified atom stereocenters. The molecule has 2 amide bonds. The molecule has 1 aliphatic carbocycles. The number of rotatable bonds is 3. The van der Waals surface area contributed by atoms with Crippen LogP contribution in [0.2, 0.25) is 0 Å². The van der Waals surface area contributed by atoms with Crippen molar-refractivity contribution in [3.63, 3.8) is 0 Å². The van der Waals surface area contributed by atoms with Crippen LogP contribution in [0, 0.1) is 24.6 Å². The van der Waals surface area contributed by atoms with Crippen molar-refractivity contribution in [3.05, 3.63) is 45.9 Å². The number of aryl methyl sites for hydroxylation is 1. The number of esters is 1. The Morgan fingerprint density at radius 1 is 1.32 bits per heavy atom. The maximum Gasteiger partial charge on any atom is 0.423 e. The molecule has 0 saturated carbocycles. The van der Waals surface area contributed by atoms with E-state index >= 15 is 0 Å². The monoisotopic (exact) mass is 563 g/mol. The molecule has 4 heterocycles. The number of hydrogen-bond donors (Lipinski definition) is 3. The van der Waals surface area contributed by atoms with Gasteiger partial charge in [-0.3, -0.25) is 9.59 Å². The average Bonchev–Trinajstić information content (AvgIpc) is 3.27. The third-order valence-corrected chi connectivity index (χ3v) is 8.69. The molecule has 40 heavy (non-hydrogen) atoms. The summed E-state index contributed by atoms with van der Waals surface area (Å²) >= 11 is 0. The Morgan fingerprint density at radius 2 is 2.05 bits per heavy atom. The first-order valence-electron chi connectivity index (χ1n) is 12.9. The zero-order valence-electron chi connectivity index (χ0n) is 21.4. The first kappa shape index (κ1) is 26.6. The molecule has 1 fully saturated rings. The van der Waals surface area contributed by atoms with Crippen LogP contribution < -0.4 is 5.32 Å². The molecule has 212 valence electrons. The van der Waals surface area contributed by atoms with E-state index < -0.39 is 59.4 Å². The van der Waals surface area contributed by atoms with Gasteiger partial charge in [0.2, 0.25) is 12.0 Å². The van der Waals surface area contributed by atoms with Crippen molar-refractivity contribution in [2.45, 2.75) is 63.6 Å². The van der Waals surface area contributed by atoms with E-state index in [4.69, 9.17) is 4.74 Å². The van der Waals surface area contributed by atoms with Crippen molar-refractivity contribution < 1.29 is 46.9 Å². The second kappa shape index (κ2) is 8.71. The molecule has 13 heteroatoms. The van der Waals surface area contributed by atoms with Gasteiger partial charge < -0.3 is 25.2 Å². The van der Waals surface area contributed by atoms with Crippen LogP contribution in [0.15, 0.2) is 12.1 Å². The Hall–Kier alpha value is -3.58. The molecule has 0 radical (unpaired) electrons. The van der Waals surface area contributed by atoms with E-state index in [-0.39, 0.29) is 49.3 Å². The van der Waals surface area contributed by atoms with E-state index in [9.17, 15) is 42.2 Å². The molecule has 0 bridgehead atoms. The highest BCUT2D eigenvalue weighted by molar-refractivity contribution is 5.99. The van der Waals surface area contributed by atoms with E-state index in [0.717, 1.165) is 0 Å². The lowest BCUT2D eigenvalue weighted by Gasteiger charge is -2.44. The number of hydrogen-bond acceptors (Lipinski definition) is 7. The first-order chi connectivity index (χ1) is 18.8. The maximum atomic E-state index is 14.9. The van der Waals surface area contributed by atoms with Crippen LogP contribution in [0.3, 0.4) is 0 Å². The van der Waals surface area contributed by atoms with Crippen molar-refractivity contribution >= 4 is 34.4 Å². The Kier molecular flexibility index (Phi) is 5.80. The van der Waals surface area contributed by atoms with Gasteiger partial charge in [0, 0.05) is 22.9 Å². The Balaban J connectivity index is 1.54. The Bertz CT molecular complexity index is 1540. The Morgan fingerprint density at radius 3 is 2.73 bits per heavy atom. The van der Waals surface area contributed by atoms with Gasteiger partial charge in [0.1, 0.15) is 12.4 Å². The van der Waals surface area contributed by atoms with Gasteiger partial charge in [-0.25, -0.2) is 14.2 Å². The molecule has 0 spiro atoms. The molecule has 9 nitrogen and oxygen atoms in total. The minimum absolute atomic E-state index is 0.0171. The Labute approximate surface area is 224 Å². The van der Waals surface area contributed by atoms with Gasteiger partial charge in [0.05, 0.1) is 35.4 Å². The van der Waals surface area contributed by atoms with Gasteiger partial charge in [0.15, 0.2) is 5.60 Å². The predicted octanol–water partition coefficient (Wildman–Crippen LogP) is 2.34. The number of nitrogens with one attached hydrogen (secondary N) is 1. The molecule has 5 atom stereocenters. The first-order valence-corrected chi connectivity index (χ1v) is 12.9. The molecular weight excluding hydrogens is 538 g/mol. The quantitative estimate of drug-likeness (QED) is 0.386. The van der Waals surface area contributed by atoms with Gasteiger partial charge in [0.25, 0.3) is 5.91 Å². The zero-order valence-corrected chi connectivity index (χ0v) is 21.4. The van der Waals surface area contributed by atoms with Crippen molar-refractivity contribution in [3.8, 4) is 0 Å². The van der Waals surface area contributed by atoms with E-state index in [2.05, 4.69) is 10.3 Å². The number of fused-ring (bicyclic) bond motifs is 5. The highest BCUT2D eigenvalue weighted by Crippen LogP contribution is 2.49. The predicted molar refractivity (Wildman–Crippen MR) is 129 cm³/mol. The lowest BCUT2D eigenvalue weighted by molar-refractivity contribution is -0.205. The summed E-state index contributed by atoms with van der Waals surface area (Å²) in [6.07, 6.45) is -6.49. The normalized spacial score (nSPS) is 27.9. The molecule has 2 aromatic rings. The number of amides is 2. The number of pyridine rings is 1. The lowest BCUT2D eigenvalue weighted by atomic mass is 9.72. The van der Waals surface area contributed by atoms with Crippen LogP contribution in [-0.4, -0.2) is 62.4 Å². The topological polar surface area (TPSA) is 129 Å². The summed E-state index contributed by atoms with van der Waals surface area (Å²) < 4.78 is 59.3. The minimum Gasteiger partial charge on any atom is -0.463 e. The number of ether oxygens (including phenoxy) is 1. The molecule has 1 saturated heterocycles. The fraction of sp³-hybridized carbons (Fsp3) is 0.481. The van der Waals surface area contributed by atoms with Crippen LogP contribution in [0.25, 0.3) is 16.6 Å². The van der Waals surface area contributed by atoms with Gasteiger partial charge in [-0.15, -0.1) is 0 Å². The van der Waals surface area contributed by atoms with E-state index in [1.54, 1.807) is 19.9 Å². The lowest BCUT2D eigenvalue weighted by Crippen LogP contribution is -2.58. The second-order valence-electron chi connectivity index (χ2n) is 10.7. The van der Waals surface area contributed by atoms with E-state index in [1.807, 2.05) is 0 Å². The molecule has 4 aliphatic rings. The van der Waals surface area contributed by atoms with Crippen LogP contribution in [0.1, 0.15) is 53.8 Å². The minimum atomic E-state index is -5.17. The van der Waals surface area contributed by atoms with Crippen LogP contribution >= 0.6 is 0 Å². The van der Waals surface area contributed by atoms with Gasteiger partial charge in [-0.05, 0) is 42.9 Å². The largest absolute Gasteiger partial charge is 0.463 e. The van der Waals surface area contributed by atoms with Gasteiger partial charge in [-0.1, -0.05) is 13.0 Å². The van der Waals surface area contributed by atoms with Crippen LogP contribution in [0.4, 0.5) is 17.6 Å². The van der Waals surface area contributed by atoms with E-state index in [1.165, 1.54) is 11.0 Å². The SMILES string of the molecule is CC[C@@]1(O)C(=O)OCC2C(=O)N3Cc4c(nc5cc(F)c(C)c6c5c4[C@@H](NC(=O)[C@@H](O)C(F)(F)F)CC6)C3=CC21. The molecule has 3 N–H and O–H groups in total. The molecule has 3 aliphatic heterocycles. The fourth-order valence-electron chi connectivity index (χ4n) is 6.52. The number of alkyl halides is 3. The number of aliphatic hydroxyl groups excluding tert-OH is 1. The third kappa shape index (κ3) is 3.59. The van der Waals surface area contributed by atoms with Crippen molar-refractivity contribution in [2.75, 3.05) is 6.61 Å². The molecule has 6 rings (SSSR count). The number of halogens is 4. The van der Waals surface area contributed by atoms with Crippen molar-refractivity contribution in [1.82, 2.24) is 15.2 Å². The number of nitrogens with zero attached hydrogens (tertiary/aromatic N) is 2. The smallest absolute Gasteiger partial charge is 0.423 e. The van der Waals surface area contributed by atoms with Crippen molar-refractivity contribution in [2.24, 2.45) is 11.8 Å². The summed E-state index contributed by atoms with van der Waals surface area (Å²) in [4.78, 5) is 44.6. The number of benzene rings is 1. The second-order valence-corrected chi connectivity index (χ2v) is 10.7. The number of carbonyl (C=O) groups is 3. The number of cyclic esters (lactones) is 1. The molecule has 1 aromatic heterocycles. The standard InChI is InChI=1S/C27H25F4N3O6/c1-3-26(39)14-6-18-21-12(8-34(18)24(37)13(14)9-40-25(26)38)20-16(33-23(36)22(35)27(29,30)31)5-4-11-10(2)15(28)7-17(32-21)19(11)20/h6-7,13-14,16,22,35,39H,3-5,8-9H2,1-2H3,(H,33,36)/t13?,14?,16-,22+,26-/m0/s1. The average molecular weight is 564 g/mol. The molecular formula is C27H25F4N3O6. The summed E-state index contributed by atoms with van der Waals surface area (Å²) in [5.41, 5.74) is 0.567. The third-order valence-electron chi connectivity index (χ3n) is 8.69. The van der Waals surface area contributed by atoms with Crippen LogP contribution in [-0.2, 0) is 32.1 Å². The zero-order chi connectivity index (χ0) is 28.9. The summed E-state index contributed by atoms with van der Waals surface area (Å²) in [6.45, 7) is 2.90. The van der Waals surface area contributed by atoms with Crippen LogP contribution in [0.5, 0.6) is 0 Å². The molecule has 1 aromatic carbocycles. The number of carbonyl (C=O) groups excluding carboxylic acids is 3. The number of aromatic nitrogens is 1. The summed E-state index contributed by atoms with van der Waals surface area (Å²) in [5, 5.41) is 23.5. The van der Waals surface area contributed by atoms with E-state index in [0.29, 0.717) is 27.6 Å². The summed E-state index contributed by atoms with van der Waals surface area (Å²) in [7, 11) is 0. The fourth-order valence-corrected chi connectivity index (χ4v) is 6.52. The summed E-state index contributed by atoms with van der Waals surface area (Å²) in [6, 6.07) is 0.210. The summed E-state index contributed by atoms with van der Waals surface area (Å²) in [5.74, 6) is -5.21. The maximum absolute atomic E-state index is 14.9. The van der Waals surface area contributed by atoms with Gasteiger partial charge >= 0.3 is 12.1 Å². The van der Waals surface area contributed by atoms with Crippen molar-refractivity contribution in [1.29, 1.82) is 0 Å². The number of aliphatic hydroxyl groups is 2. The van der Waals surface area contributed by atoms with Gasteiger partial charge in [-0.2, -0.15) is 13.2 Å².